The Labute approximate surface area is 174 Å². The number of rotatable bonds is 5. The summed E-state index contributed by atoms with van der Waals surface area (Å²) in [5, 5.41) is 10.6. The normalized spacial score (nSPS) is 16.2. The molecule has 29 heavy (non-hydrogen) atoms. The summed E-state index contributed by atoms with van der Waals surface area (Å²) in [6.07, 6.45) is 2.03. The minimum atomic E-state index is -0.303. The molecule has 1 fully saturated rings. The van der Waals surface area contributed by atoms with Crippen molar-refractivity contribution in [1.82, 2.24) is 25.0 Å². The van der Waals surface area contributed by atoms with Crippen molar-refractivity contribution in [3.8, 4) is 5.69 Å². The monoisotopic (exact) mass is 417 g/mol. The first kappa shape index (κ1) is 20.9. The van der Waals surface area contributed by atoms with Crippen molar-refractivity contribution in [1.29, 1.82) is 0 Å². The Kier molecular flexibility index (Phi) is 6.56. The number of nitrogens with one attached hydrogen (secondary N) is 2. The number of para-hydroxylation sites is 1. The maximum absolute atomic E-state index is 13.2. The lowest BCUT2D eigenvalue weighted by Crippen LogP contribution is -2.31. The number of aromatic nitrogens is 3. The zero-order valence-electron chi connectivity index (χ0n) is 16.1. The van der Waals surface area contributed by atoms with Gasteiger partial charge in [0.1, 0.15) is 18.1 Å². The second-order valence-electron chi connectivity index (χ2n) is 6.86. The third-order valence-electron chi connectivity index (χ3n) is 4.96. The van der Waals surface area contributed by atoms with E-state index in [1.54, 1.807) is 23.7 Å². The zero-order chi connectivity index (χ0) is 19.5. The number of benzene rings is 1. The van der Waals surface area contributed by atoms with Gasteiger partial charge in [-0.2, -0.15) is 5.10 Å². The molecule has 1 saturated heterocycles. The van der Waals surface area contributed by atoms with Gasteiger partial charge in [0.25, 0.3) is 5.91 Å². The van der Waals surface area contributed by atoms with Gasteiger partial charge >= 0.3 is 5.69 Å². The minimum Gasteiger partial charge on any atom is -0.454 e. The summed E-state index contributed by atoms with van der Waals surface area (Å²) in [5.74, 6) is 1.33. The molecule has 0 bridgehead atoms. The van der Waals surface area contributed by atoms with E-state index in [9.17, 15) is 9.59 Å². The highest BCUT2D eigenvalue weighted by atomic mass is 35.5. The van der Waals surface area contributed by atoms with Crippen LogP contribution >= 0.6 is 12.4 Å². The Hall–Kier alpha value is -2.84. The fourth-order valence-corrected chi connectivity index (χ4v) is 3.54. The van der Waals surface area contributed by atoms with E-state index in [-0.39, 0.29) is 42.2 Å². The number of nitrogens with zero attached hydrogens (tertiary/aromatic N) is 3. The molecular weight excluding hydrogens is 394 g/mol. The topological polar surface area (TPSA) is 94.1 Å². The third-order valence-corrected chi connectivity index (χ3v) is 4.96. The van der Waals surface area contributed by atoms with E-state index < -0.39 is 0 Å². The number of furan rings is 1. The van der Waals surface area contributed by atoms with E-state index in [0.29, 0.717) is 5.76 Å². The van der Waals surface area contributed by atoms with Crippen LogP contribution in [0.1, 0.15) is 40.9 Å². The van der Waals surface area contributed by atoms with E-state index in [4.69, 9.17) is 4.42 Å². The summed E-state index contributed by atoms with van der Waals surface area (Å²) >= 11 is 0. The van der Waals surface area contributed by atoms with Gasteiger partial charge in [0, 0.05) is 19.5 Å². The van der Waals surface area contributed by atoms with Crippen molar-refractivity contribution in [2.45, 2.75) is 25.3 Å². The van der Waals surface area contributed by atoms with Crippen LogP contribution in [0.25, 0.3) is 5.69 Å². The lowest BCUT2D eigenvalue weighted by Gasteiger charge is -2.22. The molecule has 3 aromatic rings. The van der Waals surface area contributed by atoms with Gasteiger partial charge in [-0.25, -0.2) is 14.0 Å². The zero-order valence-corrected chi connectivity index (χ0v) is 16.9. The molecule has 0 saturated carbocycles. The summed E-state index contributed by atoms with van der Waals surface area (Å²) in [4.78, 5) is 24.9. The maximum atomic E-state index is 13.2. The lowest BCUT2D eigenvalue weighted by atomic mass is 9.99. The van der Waals surface area contributed by atoms with Crippen molar-refractivity contribution < 1.29 is 9.21 Å². The van der Waals surface area contributed by atoms with Crippen LogP contribution in [0.4, 0.5) is 0 Å². The van der Waals surface area contributed by atoms with Gasteiger partial charge in [-0.05, 0) is 43.7 Å². The van der Waals surface area contributed by atoms with Crippen molar-refractivity contribution >= 4 is 18.3 Å². The molecule has 154 valence electrons. The SMILES string of the molecule is CNC(=O)c1ccc(Cn2nc(C3CCCNC3)n(-c3ccccc3)c2=O)o1.Cl. The van der Waals surface area contributed by atoms with Gasteiger partial charge in [0.05, 0.1) is 5.69 Å². The Morgan fingerprint density at radius 2 is 2.07 bits per heavy atom. The van der Waals surface area contributed by atoms with Crippen molar-refractivity contribution in [2.24, 2.45) is 0 Å². The molecule has 2 aromatic heterocycles. The minimum absolute atomic E-state index is 0. The largest absolute Gasteiger partial charge is 0.454 e. The molecule has 1 aromatic carbocycles. The Balaban J connectivity index is 0.00000240. The first-order valence-corrected chi connectivity index (χ1v) is 9.44. The molecule has 1 aliphatic heterocycles. The summed E-state index contributed by atoms with van der Waals surface area (Å²) < 4.78 is 8.65. The second kappa shape index (κ2) is 9.11. The summed E-state index contributed by atoms with van der Waals surface area (Å²) in [5.41, 5.74) is 0.578. The fraction of sp³-hybridized carbons (Fsp3) is 0.350. The lowest BCUT2D eigenvalue weighted by molar-refractivity contribution is 0.0933. The number of piperidine rings is 1. The van der Waals surface area contributed by atoms with Crippen molar-refractivity contribution in [3.05, 3.63) is 70.3 Å². The predicted octanol–water partition coefficient (Wildman–Crippen LogP) is 1.92. The van der Waals surface area contributed by atoms with Gasteiger partial charge in [-0.1, -0.05) is 18.2 Å². The quantitative estimate of drug-likeness (QED) is 0.661. The molecular formula is C20H24ClN5O3. The maximum Gasteiger partial charge on any atom is 0.351 e. The third kappa shape index (κ3) is 4.28. The average Bonchev–Trinajstić information content (AvgIpc) is 3.34. The molecule has 1 atom stereocenters. The highest BCUT2D eigenvalue weighted by Crippen LogP contribution is 2.23. The Morgan fingerprint density at radius 3 is 2.76 bits per heavy atom. The van der Waals surface area contributed by atoms with Crippen LogP contribution in [-0.2, 0) is 6.54 Å². The van der Waals surface area contributed by atoms with E-state index in [1.807, 2.05) is 30.3 Å². The van der Waals surface area contributed by atoms with E-state index in [2.05, 4.69) is 15.7 Å². The number of hydrogen-bond acceptors (Lipinski definition) is 5. The Bertz CT molecular complexity index is 1020. The Morgan fingerprint density at radius 1 is 1.28 bits per heavy atom. The van der Waals surface area contributed by atoms with Gasteiger partial charge in [0.15, 0.2) is 5.76 Å². The van der Waals surface area contributed by atoms with Crippen molar-refractivity contribution in [3.63, 3.8) is 0 Å². The molecule has 3 heterocycles. The summed E-state index contributed by atoms with van der Waals surface area (Å²) in [7, 11) is 1.54. The van der Waals surface area contributed by atoms with E-state index in [1.165, 1.54) is 4.68 Å². The molecule has 0 radical (unpaired) electrons. The van der Waals surface area contributed by atoms with Crippen LogP contribution in [0, 0.1) is 0 Å². The summed E-state index contributed by atoms with van der Waals surface area (Å²) in [6.45, 7) is 1.95. The molecule has 0 spiro atoms. The smallest absolute Gasteiger partial charge is 0.351 e. The van der Waals surface area contributed by atoms with Crippen LogP contribution in [-0.4, -0.2) is 40.4 Å². The molecule has 9 heteroatoms. The average molecular weight is 418 g/mol. The number of carbonyl (C=O) groups excluding carboxylic acids is 1. The van der Waals surface area contributed by atoms with Crippen LogP contribution in [0.2, 0.25) is 0 Å². The molecule has 1 aliphatic rings. The van der Waals surface area contributed by atoms with Crippen LogP contribution in [0.3, 0.4) is 0 Å². The van der Waals surface area contributed by atoms with Gasteiger partial charge in [0.2, 0.25) is 0 Å². The molecule has 4 rings (SSSR count). The fourth-order valence-electron chi connectivity index (χ4n) is 3.54. The van der Waals surface area contributed by atoms with Gasteiger partial charge in [-0.15, -0.1) is 12.4 Å². The van der Waals surface area contributed by atoms with E-state index >= 15 is 0 Å². The highest BCUT2D eigenvalue weighted by molar-refractivity contribution is 5.91. The second-order valence-corrected chi connectivity index (χ2v) is 6.86. The van der Waals surface area contributed by atoms with E-state index in [0.717, 1.165) is 37.4 Å². The molecule has 8 nitrogen and oxygen atoms in total. The first-order valence-electron chi connectivity index (χ1n) is 9.44. The molecule has 0 aliphatic carbocycles. The standard InChI is InChI=1S/C20H23N5O3.ClH/c1-21-19(26)17-10-9-16(28-17)13-24-20(27)25(15-7-3-2-4-8-15)18(23-24)14-6-5-11-22-12-14;/h2-4,7-10,14,22H,5-6,11-13H2,1H3,(H,21,26);1H. The number of amides is 1. The van der Waals surface area contributed by atoms with Gasteiger partial charge in [-0.3, -0.25) is 4.79 Å². The van der Waals surface area contributed by atoms with Crippen molar-refractivity contribution in [2.75, 3.05) is 20.1 Å². The molecule has 1 amide bonds. The molecule has 1 unspecified atom stereocenters. The van der Waals surface area contributed by atoms with Crippen LogP contribution in [0.15, 0.2) is 51.7 Å². The summed E-state index contributed by atoms with van der Waals surface area (Å²) in [6, 6.07) is 12.8. The number of hydrogen-bond donors (Lipinski definition) is 2. The number of halogens is 1. The highest BCUT2D eigenvalue weighted by Gasteiger charge is 2.25. The van der Waals surface area contributed by atoms with Crippen LogP contribution < -0.4 is 16.3 Å². The predicted molar refractivity (Wildman–Crippen MR) is 111 cm³/mol. The van der Waals surface area contributed by atoms with Crippen LogP contribution in [0.5, 0.6) is 0 Å². The van der Waals surface area contributed by atoms with Gasteiger partial charge < -0.3 is 15.1 Å². The number of carbonyl (C=O) groups is 1. The molecule has 2 N–H and O–H groups in total. The first-order chi connectivity index (χ1) is 13.7.